The average Bonchev–Trinajstić information content (AvgIpc) is 2.80. The van der Waals surface area contributed by atoms with Crippen LogP contribution in [-0.2, 0) is 0 Å². The minimum absolute atomic E-state index is 0.276. The Morgan fingerprint density at radius 2 is 1.48 bits per heavy atom. The van der Waals surface area contributed by atoms with E-state index in [1.165, 1.54) is 6.21 Å². The molecule has 0 bridgehead atoms. The summed E-state index contributed by atoms with van der Waals surface area (Å²) in [7, 11) is 0. The van der Waals surface area contributed by atoms with Gasteiger partial charge in [-0.1, -0.05) is 48.5 Å². The van der Waals surface area contributed by atoms with Crippen LogP contribution in [0.25, 0.3) is 10.8 Å². The number of hydrogen-bond acceptors (Lipinski definition) is 4. The third kappa shape index (κ3) is 4.97. The molecule has 0 atom stereocenters. The minimum Gasteiger partial charge on any atom is -0.423 e. The lowest BCUT2D eigenvalue weighted by Crippen LogP contribution is -2.18. The van der Waals surface area contributed by atoms with Crippen molar-refractivity contribution in [3.05, 3.63) is 111 Å². The molecule has 0 unspecified atom stereocenters. The molecule has 0 aliphatic carbocycles. The Labute approximate surface area is 192 Å². The third-order valence-corrected chi connectivity index (χ3v) is 5.54. The van der Waals surface area contributed by atoms with Gasteiger partial charge in [-0.05, 0) is 81.4 Å². The molecule has 0 aromatic heterocycles. The lowest BCUT2D eigenvalue weighted by Gasteiger charge is -2.07. The Morgan fingerprint density at radius 3 is 2.29 bits per heavy atom. The molecule has 152 valence electrons. The van der Waals surface area contributed by atoms with Crippen molar-refractivity contribution in [2.45, 2.75) is 0 Å². The van der Waals surface area contributed by atoms with Crippen molar-refractivity contribution in [3.8, 4) is 5.75 Å². The second-order valence-electron chi connectivity index (χ2n) is 6.66. The molecule has 1 amide bonds. The summed E-state index contributed by atoms with van der Waals surface area (Å²) in [5.74, 6) is -0.261. The number of hydrogen-bond donors (Lipinski definition) is 1. The Bertz CT molecular complexity index is 1280. The van der Waals surface area contributed by atoms with Crippen LogP contribution < -0.4 is 10.2 Å². The van der Waals surface area contributed by atoms with E-state index in [2.05, 4.69) is 33.1 Å². The second kappa shape index (κ2) is 9.53. The van der Waals surface area contributed by atoms with Crippen LogP contribution in [0.5, 0.6) is 5.75 Å². The number of halogens is 1. The van der Waals surface area contributed by atoms with Crippen molar-refractivity contribution in [2.24, 2.45) is 5.10 Å². The average molecular weight is 520 g/mol. The van der Waals surface area contributed by atoms with E-state index in [0.29, 0.717) is 16.9 Å². The molecule has 6 heteroatoms. The van der Waals surface area contributed by atoms with Crippen LogP contribution in [0.3, 0.4) is 0 Å². The first kappa shape index (κ1) is 20.7. The van der Waals surface area contributed by atoms with Crippen LogP contribution in [0, 0.1) is 3.57 Å². The van der Waals surface area contributed by atoms with Gasteiger partial charge in [0.15, 0.2) is 0 Å². The normalized spacial score (nSPS) is 10.9. The fourth-order valence-corrected chi connectivity index (χ4v) is 3.69. The number of carbonyl (C=O) groups excluding carboxylic acids is 2. The highest BCUT2D eigenvalue weighted by Crippen LogP contribution is 2.21. The van der Waals surface area contributed by atoms with Crippen LogP contribution in [-0.4, -0.2) is 18.1 Å². The Hall–Kier alpha value is -3.52. The highest BCUT2D eigenvalue weighted by molar-refractivity contribution is 14.1. The summed E-state index contributed by atoms with van der Waals surface area (Å²) in [6.07, 6.45) is 1.53. The SMILES string of the molecule is O=C(N/N=C/c1ccc(OC(=O)c2cccc3ccccc23)cc1)c1ccccc1I. The number of rotatable bonds is 5. The summed E-state index contributed by atoms with van der Waals surface area (Å²) in [5, 5.41) is 5.83. The maximum atomic E-state index is 12.6. The van der Waals surface area contributed by atoms with Gasteiger partial charge >= 0.3 is 5.97 Å². The van der Waals surface area contributed by atoms with Gasteiger partial charge in [-0.3, -0.25) is 4.79 Å². The zero-order valence-electron chi connectivity index (χ0n) is 16.3. The van der Waals surface area contributed by atoms with Gasteiger partial charge in [0.2, 0.25) is 0 Å². The van der Waals surface area contributed by atoms with Crippen molar-refractivity contribution in [1.82, 2.24) is 5.43 Å². The van der Waals surface area contributed by atoms with Crippen molar-refractivity contribution in [2.75, 3.05) is 0 Å². The zero-order valence-corrected chi connectivity index (χ0v) is 18.4. The highest BCUT2D eigenvalue weighted by Gasteiger charge is 2.12. The molecule has 0 aliphatic rings. The molecule has 4 aromatic carbocycles. The molecule has 0 fully saturated rings. The predicted molar refractivity (Wildman–Crippen MR) is 130 cm³/mol. The molecule has 0 spiro atoms. The summed E-state index contributed by atoms with van der Waals surface area (Å²) in [6.45, 7) is 0. The van der Waals surface area contributed by atoms with Gasteiger partial charge in [0.25, 0.3) is 5.91 Å². The molecule has 4 aromatic rings. The maximum absolute atomic E-state index is 12.6. The quantitative estimate of drug-likeness (QED) is 0.126. The number of nitrogens with one attached hydrogen (secondary N) is 1. The van der Waals surface area contributed by atoms with Gasteiger partial charge < -0.3 is 4.74 Å². The van der Waals surface area contributed by atoms with Gasteiger partial charge in [0.1, 0.15) is 5.75 Å². The lowest BCUT2D eigenvalue weighted by atomic mass is 10.0. The maximum Gasteiger partial charge on any atom is 0.344 e. The number of benzene rings is 4. The molecule has 4 rings (SSSR count). The Morgan fingerprint density at radius 1 is 0.806 bits per heavy atom. The summed E-state index contributed by atoms with van der Waals surface area (Å²) >= 11 is 2.11. The summed E-state index contributed by atoms with van der Waals surface area (Å²) in [5.41, 5.74) is 4.35. The monoisotopic (exact) mass is 520 g/mol. The second-order valence-corrected chi connectivity index (χ2v) is 7.83. The van der Waals surface area contributed by atoms with Crippen LogP contribution in [0.15, 0.2) is 96.1 Å². The first-order valence-corrected chi connectivity index (χ1v) is 10.6. The Kier molecular flexibility index (Phi) is 6.37. The van der Waals surface area contributed by atoms with Gasteiger partial charge in [0, 0.05) is 3.57 Å². The van der Waals surface area contributed by atoms with E-state index in [4.69, 9.17) is 4.74 Å². The molecule has 0 saturated carbocycles. The van der Waals surface area contributed by atoms with E-state index in [-0.39, 0.29) is 5.91 Å². The molecule has 31 heavy (non-hydrogen) atoms. The van der Waals surface area contributed by atoms with E-state index >= 15 is 0 Å². The standard InChI is InChI=1S/C25H17IN2O3/c26-23-11-4-3-9-22(23)24(29)28-27-16-17-12-14-19(15-13-17)31-25(30)21-10-5-7-18-6-1-2-8-20(18)21/h1-16H,(H,28,29)/b27-16+. The molecule has 1 N–H and O–H groups in total. The van der Waals surface area contributed by atoms with Gasteiger partial charge in [0.05, 0.1) is 17.3 Å². The van der Waals surface area contributed by atoms with E-state index in [0.717, 1.165) is 19.9 Å². The largest absolute Gasteiger partial charge is 0.423 e. The zero-order chi connectivity index (χ0) is 21.6. The van der Waals surface area contributed by atoms with Crippen LogP contribution in [0.2, 0.25) is 0 Å². The fraction of sp³-hybridized carbons (Fsp3) is 0. The number of esters is 1. The molecule has 0 radical (unpaired) electrons. The van der Waals surface area contributed by atoms with Gasteiger partial charge in [-0.25, -0.2) is 10.2 Å². The molecule has 5 nitrogen and oxygen atoms in total. The molecular formula is C25H17IN2O3. The number of amides is 1. The highest BCUT2D eigenvalue weighted by atomic mass is 127. The van der Waals surface area contributed by atoms with Crippen molar-refractivity contribution < 1.29 is 14.3 Å². The third-order valence-electron chi connectivity index (χ3n) is 4.60. The first-order valence-electron chi connectivity index (χ1n) is 9.50. The lowest BCUT2D eigenvalue weighted by molar-refractivity contribution is 0.0736. The number of carbonyl (C=O) groups is 2. The van der Waals surface area contributed by atoms with Gasteiger partial charge in [-0.15, -0.1) is 0 Å². The summed E-state index contributed by atoms with van der Waals surface area (Å²) in [6, 6.07) is 27.4. The first-order chi connectivity index (χ1) is 15.1. The van der Waals surface area contributed by atoms with E-state index < -0.39 is 5.97 Å². The number of nitrogens with zero attached hydrogens (tertiary/aromatic N) is 1. The molecular weight excluding hydrogens is 503 g/mol. The van der Waals surface area contributed by atoms with E-state index in [1.807, 2.05) is 48.5 Å². The molecule has 0 saturated heterocycles. The van der Waals surface area contributed by atoms with Crippen LogP contribution >= 0.6 is 22.6 Å². The van der Waals surface area contributed by atoms with Crippen molar-refractivity contribution in [3.63, 3.8) is 0 Å². The Balaban J connectivity index is 1.40. The minimum atomic E-state index is -0.414. The van der Waals surface area contributed by atoms with Crippen LogP contribution in [0.4, 0.5) is 0 Å². The summed E-state index contributed by atoms with van der Waals surface area (Å²) < 4.78 is 6.38. The van der Waals surface area contributed by atoms with Crippen molar-refractivity contribution >= 4 is 51.5 Å². The van der Waals surface area contributed by atoms with Crippen LogP contribution in [0.1, 0.15) is 26.3 Å². The van der Waals surface area contributed by atoms with Crippen molar-refractivity contribution in [1.29, 1.82) is 0 Å². The van der Waals surface area contributed by atoms with E-state index in [1.54, 1.807) is 42.5 Å². The van der Waals surface area contributed by atoms with E-state index in [9.17, 15) is 9.59 Å². The van der Waals surface area contributed by atoms with Gasteiger partial charge in [-0.2, -0.15) is 5.10 Å². The summed E-state index contributed by atoms with van der Waals surface area (Å²) in [4.78, 5) is 24.8. The molecule has 0 heterocycles. The smallest absolute Gasteiger partial charge is 0.344 e. The number of hydrazone groups is 1. The topological polar surface area (TPSA) is 67.8 Å². The fourth-order valence-electron chi connectivity index (χ4n) is 3.06. The molecule has 0 aliphatic heterocycles. The predicted octanol–water partition coefficient (Wildman–Crippen LogP) is 5.43. The number of ether oxygens (including phenoxy) is 1. The number of fused-ring (bicyclic) bond motifs is 1.